The summed E-state index contributed by atoms with van der Waals surface area (Å²) in [6, 6.07) is 0. The molecule has 0 saturated carbocycles. The Bertz CT molecular complexity index is 151. The maximum absolute atomic E-state index is 8.70. The van der Waals surface area contributed by atoms with Crippen molar-refractivity contribution in [3.05, 3.63) is 24.8 Å². The third-order valence-corrected chi connectivity index (χ3v) is 1.65. The van der Waals surface area contributed by atoms with Gasteiger partial charge in [0.15, 0.2) is 0 Å². The minimum absolute atomic E-state index is 0.0443. The highest BCUT2D eigenvalue weighted by Gasteiger charge is 2.25. The van der Waals surface area contributed by atoms with Crippen LogP contribution in [-0.4, -0.2) is 23.9 Å². The summed E-state index contributed by atoms with van der Waals surface area (Å²) >= 11 is 0. The molecular weight excluding hydrogens is 128 g/mol. The van der Waals surface area contributed by atoms with E-state index < -0.39 is 0 Å². The molecule has 2 atom stereocenters. The van der Waals surface area contributed by atoms with Gasteiger partial charge in [-0.2, -0.15) is 0 Å². The van der Waals surface area contributed by atoms with Gasteiger partial charge in [0.2, 0.25) is 0 Å². The van der Waals surface area contributed by atoms with Gasteiger partial charge in [0.1, 0.15) is 0 Å². The Labute approximate surface area is 60.8 Å². The molecule has 1 saturated heterocycles. The average molecular weight is 140 g/mol. The van der Waals surface area contributed by atoms with Crippen molar-refractivity contribution in [2.45, 2.75) is 18.6 Å². The first-order chi connectivity index (χ1) is 4.77. The summed E-state index contributed by atoms with van der Waals surface area (Å²) < 4.78 is 5.30. The summed E-state index contributed by atoms with van der Waals surface area (Å²) in [5.41, 5.74) is 1.01. The number of ether oxygens (including phenoxy) is 1. The van der Waals surface area contributed by atoms with Gasteiger partial charge in [-0.1, -0.05) is 12.7 Å². The quantitative estimate of drug-likeness (QED) is 0.577. The molecular formula is C8H12O2. The van der Waals surface area contributed by atoms with E-state index in [1.54, 1.807) is 6.08 Å². The molecule has 1 heterocycles. The number of aliphatic hydroxyl groups is 1. The van der Waals surface area contributed by atoms with Crippen LogP contribution >= 0.6 is 0 Å². The van der Waals surface area contributed by atoms with Crippen molar-refractivity contribution in [3.63, 3.8) is 0 Å². The normalized spacial score (nSPS) is 32.7. The van der Waals surface area contributed by atoms with Crippen molar-refractivity contribution in [1.29, 1.82) is 0 Å². The summed E-state index contributed by atoms with van der Waals surface area (Å²) in [5, 5.41) is 8.70. The molecule has 10 heavy (non-hydrogen) atoms. The Morgan fingerprint density at radius 1 is 1.80 bits per heavy atom. The van der Waals surface area contributed by atoms with Gasteiger partial charge < -0.3 is 9.84 Å². The molecule has 1 aliphatic heterocycles. The summed E-state index contributed by atoms with van der Waals surface area (Å²) in [6.07, 6.45) is 2.36. The summed E-state index contributed by atoms with van der Waals surface area (Å²) in [7, 11) is 0. The molecule has 0 aromatic heterocycles. The summed E-state index contributed by atoms with van der Waals surface area (Å²) in [6.45, 7) is 7.46. The molecule has 0 aromatic carbocycles. The van der Waals surface area contributed by atoms with E-state index in [0.717, 1.165) is 12.0 Å². The van der Waals surface area contributed by atoms with E-state index in [1.807, 2.05) is 0 Å². The van der Waals surface area contributed by atoms with Crippen LogP contribution in [0.2, 0.25) is 0 Å². The van der Waals surface area contributed by atoms with E-state index in [4.69, 9.17) is 9.84 Å². The van der Waals surface area contributed by atoms with E-state index >= 15 is 0 Å². The van der Waals surface area contributed by atoms with Gasteiger partial charge in [-0.3, -0.25) is 0 Å². The summed E-state index contributed by atoms with van der Waals surface area (Å²) in [5.74, 6) is 0. The molecule has 0 amide bonds. The van der Waals surface area contributed by atoms with Crippen LogP contribution in [0.3, 0.4) is 0 Å². The van der Waals surface area contributed by atoms with Crippen molar-refractivity contribution >= 4 is 0 Å². The SMILES string of the molecule is C=CC1OC(CO)CC1=C. The standard InChI is InChI=1S/C8H12O2/c1-3-8-6(2)4-7(5-9)10-8/h3,7-9H,1-2,4-5H2. The van der Waals surface area contributed by atoms with Gasteiger partial charge >= 0.3 is 0 Å². The fourth-order valence-electron chi connectivity index (χ4n) is 1.09. The fourth-order valence-corrected chi connectivity index (χ4v) is 1.09. The second kappa shape index (κ2) is 2.99. The monoisotopic (exact) mass is 140 g/mol. The van der Waals surface area contributed by atoms with Gasteiger partial charge in [-0.15, -0.1) is 6.58 Å². The number of aliphatic hydroxyl groups excluding tert-OH is 1. The van der Waals surface area contributed by atoms with Crippen molar-refractivity contribution in [1.82, 2.24) is 0 Å². The zero-order valence-electron chi connectivity index (χ0n) is 5.92. The molecule has 56 valence electrons. The average Bonchev–Trinajstić information content (AvgIpc) is 2.30. The van der Waals surface area contributed by atoms with Crippen molar-refractivity contribution in [2.24, 2.45) is 0 Å². The van der Waals surface area contributed by atoms with Crippen molar-refractivity contribution in [2.75, 3.05) is 6.61 Å². The van der Waals surface area contributed by atoms with E-state index in [9.17, 15) is 0 Å². The van der Waals surface area contributed by atoms with Crippen LogP contribution < -0.4 is 0 Å². The Balaban J connectivity index is 2.52. The highest BCUT2D eigenvalue weighted by molar-refractivity contribution is 5.15. The minimum Gasteiger partial charge on any atom is -0.394 e. The molecule has 2 nitrogen and oxygen atoms in total. The second-order valence-electron chi connectivity index (χ2n) is 2.46. The van der Waals surface area contributed by atoms with Crippen LogP contribution in [0, 0.1) is 0 Å². The largest absolute Gasteiger partial charge is 0.394 e. The van der Waals surface area contributed by atoms with Gasteiger partial charge in [0.05, 0.1) is 18.8 Å². The number of hydrogen-bond donors (Lipinski definition) is 1. The Morgan fingerprint density at radius 3 is 2.80 bits per heavy atom. The minimum atomic E-state index is -0.0597. The molecule has 0 radical (unpaired) electrons. The third-order valence-electron chi connectivity index (χ3n) is 1.65. The molecule has 2 heteroatoms. The van der Waals surface area contributed by atoms with Crippen LogP contribution in [0.25, 0.3) is 0 Å². The molecule has 0 aromatic rings. The zero-order chi connectivity index (χ0) is 7.56. The van der Waals surface area contributed by atoms with Gasteiger partial charge in [0, 0.05) is 0 Å². The first-order valence-corrected chi connectivity index (χ1v) is 3.34. The topological polar surface area (TPSA) is 29.5 Å². The van der Waals surface area contributed by atoms with Crippen LogP contribution in [0.1, 0.15) is 6.42 Å². The molecule has 0 bridgehead atoms. The zero-order valence-corrected chi connectivity index (χ0v) is 5.92. The lowest BCUT2D eigenvalue weighted by molar-refractivity contribution is 0.0342. The molecule has 1 fully saturated rings. The van der Waals surface area contributed by atoms with E-state index in [0.29, 0.717) is 0 Å². The van der Waals surface area contributed by atoms with Crippen LogP contribution in [0.5, 0.6) is 0 Å². The van der Waals surface area contributed by atoms with E-state index in [1.165, 1.54) is 0 Å². The van der Waals surface area contributed by atoms with E-state index in [-0.39, 0.29) is 18.8 Å². The molecule has 2 unspecified atom stereocenters. The summed E-state index contributed by atoms with van der Waals surface area (Å²) in [4.78, 5) is 0. The maximum atomic E-state index is 8.70. The second-order valence-corrected chi connectivity index (χ2v) is 2.46. The first-order valence-electron chi connectivity index (χ1n) is 3.34. The lowest BCUT2D eigenvalue weighted by Gasteiger charge is -2.05. The molecule has 1 rings (SSSR count). The highest BCUT2D eigenvalue weighted by atomic mass is 16.5. The maximum Gasteiger partial charge on any atom is 0.0967 e. The first kappa shape index (κ1) is 7.51. The fraction of sp³-hybridized carbons (Fsp3) is 0.500. The Morgan fingerprint density at radius 2 is 2.50 bits per heavy atom. The predicted molar refractivity (Wildman–Crippen MR) is 39.7 cm³/mol. The van der Waals surface area contributed by atoms with E-state index in [2.05, 4.69) is 13.2 Å². The lowest BCUT2D eigenvalue weighted by atomic mass is 10.1. The Kier molecular flexibility index (Phi) is 2.25. The number of rotatable bonds is 2. The van der Waals surface area contributed by atoms with Gasteiger partial charge in [0.25, 0.3) is 0 Å². The molecule has 1 aliphatic rings. The molecule has 1 N–H and O–H groups in total. The molecule has 0 aliphatic carbocycles. The van der Waals surface area contributed by atoms with Crippen LogP contribution in [0.15, 0.2) is 24.8 Å². The third kappa shape index (κ3) is 1.28. The van der Waals surface area contributed by atoms with Crippen molar-refractivity contribution < 1.29 is 9.84 Å². The molecule has 0 spiro atoms. The Hall–Kier alpha value is -0.600. The van der Waals surface area contributed by atoms with Gasteiger partial charge in [-0.25, -0.2) is 0 Å². The van der Waals surface area contributed by atoms with Crippen LogP contribution in [0.4, 0.5) is 0 Å². The highest BCUT2D eigenvalue weighted by Crippen LogP contribution is 2.24. The number of hydrogen-bond acceptors (Lipinski definition) is 2. The smallest absolute Gasteiger partial charge is 0.0967 e. The lowest BCUT2D eigenvalue weighted by Crippen LogP contribution is -2.12. The van der Waals surface area contributed by atoms with Crippen LogP contribution in [-0.2, 0) is 4.74 Å². The van der Waals surface area contributed by atoms with Gasteiger partial charge in [-0.05, 0) is 12.0 Å². The predicted octanol–water partition coefficient (Wildman–Crippen LogP) is 0.878. The van der Waals surface area contributed by atoms with Crippen molar-refractivity contribution in [3.8, 4) is 0 Å².